The predicted molar refractivity (Wildman–Crippen MR) is 48.7 cm³/mol. The summed E-state index contributed by atoms with van der Waals surface area (Å²) < 4.78 is 0. The van der Waals surface area contributed by atoms with Crippen LogP contribution in [-0.2, 0) is 4.79 Å². The van der Waals surface area contributed by atoms with E-state index in [2.05, 4.69) is 12.0 Å². The number of hydrogen-bond donors (Lipinski definition) is 2. The molecule has 0 aliphatic carbocycles. The molecule has 0 atom stereocenters. The number of carbonyl (C=O) groups is 1. The van der Waals surface area contributed by atoms with Crippen molar-refractivity contribution in [3.63, 3.8) is 0 Å². The van der Waals surface area contributed by atoms with Crippen LogP contribution in [0.5, 0.6) is 0 Å². The molecule has 0 unspecified atom stereocenters. The minimum atomic E-state index is -0.175. The molecule has 1 amide bonds. The fraction of sp³-hybridized carbons (Fsp3) is 0.375. The van der Waals surface area contributed by atoms with Crippen molar-refractivity contribution in [1.82, 2.24) is 10.3 Å². The second kappa shape index (κ2) is 6.42. The third-order valence-corrected chi connectivity index (χ3v) is 1.33. The van der Waals surface area contributed by atoms with Gasteiger partial charge in [0, 0.05) is 13.0 Å². The second-order valence-electron chi connectivity index (χ2n) is 2.22. The quantitative estimate of drug-likeness (QED) is 0.354. The minimum absolute atomic E-state index is 0.175. The maximum atomic E-state index is 10.7. The standard InChI is InChI=1S/C8H15N3O/c1-3-6-11(4-2)7-5-8(12)10-9/h3-4,6H,2,5,7,9H2,1H3,(H,10,12)/b6-3-. The molecule has 0 spiro atoms. The lowest BCUT2D eigenvalue weighted by Gasteiger charge is -2.13. The molecule has 4 nitrogen and oxygen atoms in total. The maximum Gasteiger partial charge on any atom is 0.235 e. The number of nitrogens with one attached hydrogen (secondary N) is 1. The lowest BCUT2D eigenvalue weighted by Crippen LogP contribution is -2.32. The Kier molecular flexibility index (Phi) is 5.73. The normalized spacial score (nSPS) is 9.83. The number of rotatable bonds is 5. The van der Waals surface area contributed by atoms with E-state index in [0.717, 1.165) is 0 Å². The van der Waals surface area contributed by atoms with Gasteiger partial charge in [0.1, 0.15) is 0 Å². The zero-order chi connectivity index (χ0) is 9.40. The van der Waals surface area contributed by atoms with Crippen molar-refractivity contribution in [2.45, 2.75) is 13.3 Å². The average molecular weight is 169 g/mol. The Morgan fingerprint density at radius 2 is 2.42 bits per heavy atom. The summed E-state index contributed by atoms with van der Waals surface area (Å²) in [6.07, 6.45) is 5.75. The molecule has 0 radical (unpaired) electrons. The molecule has 0 aromatic rings. The van der Waals surface area contributed by atoms with Crippen molar-refractivity contribution in [3.8, 4) is 0 Å². The predicted octanol–water partition coefficient (Wildman–Crippen LogP) is 0.346. The largest absolute Gasteiger partial charge is 0.355 e. The summed E-state index contributed by atoms with van der Waals surface area (Å²) in [4.78, 5) is 12.5. The first-order valence-electron chi connectivity index (χ1n) is 3.75. The van der Waals surface area contributed by atoms with Crippen LogP contribution in [0.2, 0.25) is 0 Å². The van der Waals surface area contributed by atoms with Crippen LogP contribution in [0.4, 0.5) is 0 Å². The molecule has 0 saturated heterocycles. The third-order valence-electron chi connectivity index (χ3n) is 1.33. The van der Waals surface area contributed by atoms with Gasteiger partial charge in [-0.2, -0.15) is 0 Å². The van der Waals surface area contributed by atoms with E-state index in [9.17, 15) is 4.79 Å². The highest BCUT2D eigenvalue weighted by Gasteiger charge is 1.99. The van der Waals surface area contributed by atoms with Crippen molar-refractivity contribution in [2.75, 3.05) is 6.54 Å². The zero-order valence-corrected chi connectivity index (χ0v) is 7.29. The zero-order valence-electron chi connectivity index (χ0n) is 7.29. The molecule has 0 aromatic carbocycles. The van der Waals surface area contributed by atoms with Crippen LogP contribution in [0.1, 0.15) is 13.3 Å². The van der Waals surface area contributed by atoms with Gasteiger partial charge < -0.3 is 4.90 Å². The molecule has 12 heavy (non-hydrogen) atoms. The number of allylic oxidation sites excluding steroid dienone is 1. The van der Waals surface area contributed by atoms with Crippen LogP contribution in [0.3, 0.4) is 0 Å². The monoisotopic (exact) mass is 169 g/mol. The summed E-state index contributed by atoms with van der Waals surface area (Å²) in [5.74, 6) is 4.74. The Hall–Kier alpha value is -1.29. The summed E-state index contributed by atoms with van der Waals surface area (Å²) in [6.45, 7) is 6.09. The first-order chi connectivity index (χ1) is 5.74. The lowest BCUT2D eigenvalue weighted by atomic mass is 10.4. The fourth-order valence-electron chi connectivity index (χ4n) is 0.721. The molecule has 0 bridgehead atoms. The van der Waals surface area contributed by atoms with E-state index < -0.39 is 0 Å². The van der Waals surface area contributed by atoms with Crippen molar-refractivity contribution in [3.05, 3.63) is 25.1 Å². The summed E-state index contributed by atoms with van der Waals surface area (Å²) in [7, 11) is 0. The molecule has 0 aliphatic rings. The van der Waals surface area contributed by atoms with E-state index in [1.54, 1.807) is 6.20 Å². The first-order valence-corrected chi connectivity index (χ1v) is 3.75. The SMILES string of the molecule is C=CN(/C=C\C)CCC(=O)NN. The van der Waals surface area contributed by atoms with Crippen molar-refractivity contribution in [2.24, 2.45) is 5.84 Å². The Labute approximate surface area is 72.7 Å². The van der Waals surface area contributed by atoms with E-state index in [1.165, 1.54) is 0 Å². The van der Waals surface area contributed by atoms with Crippen molar-refractivity contribution >= 4 is 5.91 Å². The maximum absolute atomic E-state index is 10.7. The number of amides is 1. The molecule has 0 aromatic heterocycles. The van der Waals surface area contributed by atoms with Gasteiger partial charge in [-0.25, -0.2) is 5.84 Å². The van der Waals surface area contributed by atoms with Crippen molar-refractivity contribution in [1.29, 1.82) is 0 Å². The van der Waals surface area contributed by atoms with Crippen LogP contribution in [0.15, 0.2) is 25.1 Å². The van der Waals surface area contributed by atoms with Crippen LogP contribution in [0, 0.1) is 0 Å². The van der Waals surface area contributed by atoms with Crippen LogP contribution < -0.4 is 11.3 Å². The van der Waals surface area contributed by atoms with Gasteiger partial charge in [0.25, 0.3) is 0 Å². The van der Waals surface area contributed by atoms with E-state index in [1.807, 2.05) is 24.1 Å². The van der Waals surface area contributed by atoms with Gasteiger partial charge in [0.05, 0.1) is 0 Å². The van der Waals surface area contributed by atoms with E-state index in [-0.39, 0.29) is 5.91 Å². The smallest absolute Gasteiger partial charge is 0.235 e. The molecule has 68 valence electrons. The molecule has 4 heteroatoms. The number of carbonyl (C=O) groups excluding carboxylic acids is 1. The van der Waals surface area contributed by atoms with E-state index >= 15 is 0 Å². The Bertz CT molecular complexity index is 177. The van der Waals surface area contributed by atoms with Gasteiger partial charge in [-0.05, 0) is 19.3 Å². The molecule has 3 N–H and O–H groups in total. The molecule has 0 rings (SSSR count). The van der Waals surface area contributed by atoms with Gasteiger partial charge in [-0.15, -0.1) is 0 Å². The topological polar surface area (TPSA) is 58.4 Å². The lowest BCUT2D eigenvalue weighted by molar-refractivity contribution is -0.121. The molecule has 0 aliphatic heterocycles. The fourth-order valence-corrected chi connectivity index (χ4v) is 0.721. The van der Waals surface area contributed by atoms with Crippen molar-refractivity contribution < 1.29 is 4.79 Å². The highest BCUT2D eigenvalue weighted by atomic mass is 16.2. The number of nitrogens with two attached hydrogens (primary N) is 1. The minimum Gasteiger partial charge on any atom is -0.355 e. The summed E-state index contributed by atoms with van der Waals surface area (Å²) in [6, 6.07) is 0. The van der Waals surface area contributed by atoms with E-state index in [4.69, 9.17) is 5.84 Å². The molecule has 0 fully saturated rings. The number of hydrazine groups is 1. The molecular weight excluding hydrogens is 154 g/mol. The molecule has 0 heterocycles. The highest BCUT2D eigenvalue weighted by molar-refractivity contribution is 5.75. The van der Waals surface area contributed by atoms with Crippen LogP contribution in [-0.4, -0.2) is 17.4 Å². The van der Waals surface area contributed by atoms with Crippen LogP contribution >= 0.6 is 0 Å². The number of hydrogen-bond acceptors (Lipinski definition) is 3. The van der Waals surface area contributed by atoms with Crippen LogP contribution in [0.25, 0.3) is 0 Å². The molecular formula is C8H15N3O. The van der Waals surface area contributed by atoms with Gasteiger partial charge in [0.15, 0.2) is 0 Å². The van der Waals surface area contributed by atoms with E-state index in [0.29, 0.717) is 13.0 Å². The first kappa shape index (κ1) is 10.7. The Morgan fingerprint density at radius 3 is 2.83 bits per heavy atom. The average Bonchev–Trinajstić information content (AvgIpc) is 2.11. The highest BCUT2D eigenvalue weighted by Crippen LogP contribution is 1.92. The summed E-state index contributed by atoms with van der Waals surface area (Å²) in [5.41, 5.74) is 2.06. The third kappa shape index (κ3) is 4.51. The molecule has 0 saturated carbocycles. The Balaban J connectivity index is 3.72. The van der Waals surface area contributed by atoms with Gasteiger partial charge in [-0.1, -0.05) is 12.7 Å². The summed E-state index contributed by atoms with van der Waals surface area (Å²) in [5, 5.41) is 0. The van der Waals surface area contributed by atoms with Gasteiger partial charge >= 0.3 is 0 Å². The second-order valence-corrected chi connectivity index (χ2v) is 2.22. The number of nitrogens with zero attached hydrogens (tertiary/aromatic N) is 1. The Morgan fingerprint density at radius 1 is 1.75 bits per heavy atom. The van der Waals surface area contributed by atoms with Gasteiger partial charge in [0.2, 0.25) is 5.91 Å². The van der Waals surface area contributed by atoms with Gasteiger partial charge in [-0.3, -0.25) is 10.2 Å². The summed E-state index contributed by atoms with van der Waals surface area (Å²) >= 11 is 0.